The molecule has 0 atom stereocenters. The first kappa shape index (κ1) is 18.9. The number of aromatic nitrogens is 5. The van der Waals surface area contributed by atoms with Crippen molar-refractivity contribution >= 4 is 16.7 Å². The molecule has 1 amide bonds. The van der Waals surface area contributed by atoms with Gasteiger partial charge < -0.3 is 5.32 Å². The molecule has 160 valence electrons. The van der Waals surface area contributed by atoms with Crippen LogP contribution in [-0.2, 0) is 0 Å². The van der Waals surface area contributed by atoms with Crippen LogP contribution < -0.4 is 10.9 Å². The standard InChI is InChI=1S/C24H22N6O2/c31-22(15-5-7-18(8-6-15)30-14-25-13-26-30)27-17-11-24(12-17)9-16(10-24)21-19-3-1-2-4-20(19)23(32)29-28-21/h1-8,13-14,16-17H,9-12H2,(H,27,31)(H,29,32)/t16-,17-,24?. The smallest absolute Gasteiger partial charge is 0.272 e. The third-order valence-electron chi connectivity index (χ3n) is 6.98. The van der Waals surface area contributed by atoms with Gasteiger partial charge in [-0.2, -0.15) is 10.2 Å². The Labute approximate surface area is 183 Å². The molecule has 2 heterocycles. The molecule has 1 spiro atoms. The Bertz CT molecular complexity index is 1350. The number of nitrogens with one attached hydrogen (secondary N) is 2. The number of H-pyrrole nitrogens is 1. The average Bonchev–Trinajstić information content (AvgIpc) is 3.30. The normalized spacial score (nSPS) is 24.1. The second kappa shape index (κ2) is 7.12. The predicted octanol–water partition coefficient (Wildman–Crippen LogP) is 2.96. The lowest BCUT2D eigenvalue weighted by Gasteiger charge is -2.57. The molecule has 2 fully saturated rings. The molecule has 0 aliphatic heterocycles. The Morgan fingerprint density at radius 2 is 1.78 bits per heavy atom. The third-order valence-corrected chi connectivity index (χ3v) is 6.98. The molecule has 4 aromatic rings. The number of benzene rings is 2. The maximum Gasteiger partial charge on any atom is 0.272 e. The Kier molecular flexibility index (Phi) is 4.21. The minimum Gasteiger partial charge on any atom is -0.349 e. The van der Waals surface area contributed by atoms with Gasteiger partial charge in [0.15, 0.2) is 0 Å². The maximum absolute atomic E-state index is 12.6. The van der Waals surface area contributed by atoms with Crippen molar-refractivity contribution in [3.05, 3.63) is 82.8 Å². The highest BCUT2D eigenvalue weighted by Gasteiger charge is 2.54. The van der Waals surface area contributed by atoms with Gasteiger partial charge in [-0.15, -0.1) is 0 Å². The molecule has 2 saturated carbocycles. The van der Waals surface area contributed by atoms with E-state index in [9.17, 15) is 9.59 Å². The lowest BCUT2D eigenvalue weighted by Crippen LogP contribution is -2.55. The fourth-order valence-corrected chi connectivity index (χ4v) is 5.42. The highest BCUT2D eigenvalue weighted by Crippen LogP contribution is 2.62. The zero-order valence-electron chi connectivity index (χ0n) is 17.4. The Morgan fingerprint density at radius 3 is 2.50 bits per heavy atom. The number of rotatable bonds is 4. The van der Waals surface area contributed by atoms with Gasteiger partial charge in [-0.1, -0.05) is 18.2 Å². The van der Waals surface area contributed by atoms with Crippen LogP contribution >= 0.6 is 0 Å². The van der Waals surface area contributed by atoms with Gasteiger partial charge in [0.2, 0.25) is 0 Å². The molecule has 2 aromatic heterocycles. The van der Waals surface area contributed by atoms with Crippen LogP contribution in [0, 0.1) is 5.41 Å². The fourth-order valence-electron chi connectivity index (χ4n) is 5.42. The van der Waals surface area contributed by atoms with Gasteiger partial charge in [-0.3, -0.25) is 9.59 Å². The van der Waals surface area contributed by atoms with Crippen LogP contribution in [0.15, 0.2) is 66.0 Å². The molecule has 0 radical (unpaired) electrons. The summed E-state index contributed by atoms with van der Waals surface area (Å²) < 4.78 is 1.66. The summed E-state index contributed by atoms with van der Waals surface area (Å²) in [5.41, 5.74) is 2.65. The summed E-state index contributed by atoms with van der Waals surface area (Å²) in [4.78, 5) is 28.6. The lowest BCUT2D eigenvalue weighted by molar-refractivity contribution is -0.0196. The van der Waals surface area contributed by atoms with E-state index in [1.165, 1.54) is 6.33 Å². The van der Waals surface area contributed by atoms with E-state index in [4.69, 9.17) is 0 Å². The molecule has 2 N–H and O–H groups in total. The van der Waals surface area contributed by atoms with Crippen LogP contribution in [0.2, 0.25) is 0 Å². The third kappa shape index (κ3) is 3.10. The van der Waals surface area contributed by atoms with Gasteiger partial charge in [-0.05, 0) is 61.4 Å². The Hall–Kier alpha value is -3.81. The Balaban J connectivity index is 1.07. The van der Waals surface area contributed by atoms with Crippen LogP contribution in [0.5, 0.6) is 0 Å². The largest absolute Gasteiger partial charge is 0.349 e. The number of hydrogen-bond acceptors (Lipinski definition) is 5. The van der Waals surface area contributed by atoms with E-state index < -0.39 is 0 Å². The molecule has 2 aliphatic rings. The van der Waals surface area contributed by atoms with Crippen molar-refractivity contribution in [2.24, 2.45) is 5.41 Å². The lowest BCUT2D eigenvalue weighted by atomic mass is 9.49. The number of hydrogen-bond donors (Lipinski definition) is 2. The van der Waals surface area contributed by atoms with Crippen molar-refractivity contribution in [2.45, 2.75) is 37.6 Å². The number of carbonyl (C=O) groups is 1. The first-order valence-electron chi connectivity index (χ1n) is 10.8. The fraction of sp³-hybridized carbons (Fsp3) is 0.292. The number of nitrogens with zero attached hydrogens (tertiary/aromatic N) is 4. The molecule has 0 bridgehead atoms. The summed E-state index contributed by atoms with van der Waals surface area (Å²) in [6, 6.07) is 15.2. The minimum atomic E-state index is -0.140. The zero-order chi connectivity index (χ0) is 21.7. The van der Waals surface area contributed by atoms with Crippen LogP contribution in [0.1, 0.15) is 47.7 Å². The summed E-state index contributed by atoms with van der Waals surface area (Å²) in [5.74, 6) is 0.317. The van der Waals surface area contributed by atoms with Crippen LogP contribution in [-0.4, -0.2) is 36.9 Å². The second-order valence-corrected chi connectivity index (χ2v) is 9.05. The quantitative estimate of drug-likeness (QED) is 0.522. The predicted molar refractivity (Wildman–Crippen MR) is 119 cm³/mol. The Morgan fingerprint density at radius 1 is 1.03 bits per heavy atom. The van der Waals surface area contributed by atoms with Gasteiger partial charge in [0.1, 0.15) is 12.7 Å². The second-order valence-electron chi connectivity index (χ2n) is 9.05. The highest BCUT2D eigenvalue weighted by atomic mass is 16.1. The summed E-state index contributed by atoms with van der Waals surface area (Å²) in [6.07, 6.45) is 7.19. The van der Waals surface area contributed by atoms with Gasteiger partial charge in [-0.25, -0.2) is 14.8 Å². The van der Waals surface area contributed by atoms with Crippen molar-refractivity contribution < 1.29 is 4.79 Å². The monoisotopic (exact) mass is 426 g/mol. The van der Waals surface area contributed by atoms with Crippen molar-refractivity contribution in [3.63, 3.8) is 0 Å². The average molecular weight is 426 g/mol. The minimum absolute atomic E-state index is 0.0424. The number of carbonyl (C=O) groups excluding carboxylic acids is 1. The van der Waals surface area contributed by atoms with E-state index in [1.54, 1.807) is 11.0 Å². The van der Waals surface area contributed by atoms with Crippen LogP contribution in [0.3, 0.4) is 0 Å². The molecule has 32 heavy (non-hydrogen) atoms. The van der Waals surface area contributed by atoms with E-state index >= 15 is 0 Å². The molecule has 8 heteroatoms. The molecule has 6 rings (SSSR count). The maximum atomic E-state index is 12.6. The van der Waals surface area contributed by atoms with E-state index in [1.807, 2.05) is 48.5 Å². The zero-order valence-corrected chi connectivity index (χ0v) is 17.4. The summed E-state index contributed by atoms with van der Waals surface area (Å²) in [7, 11) is 0. The first-order chi connectivity index (χ1) is 15.6. The van der Waals surface area contributed by atoms with Crippen molar-refractivity contribution in [2.75, 3.05) is 0 Å². The molecule has 2 aromatic carbocycles. The molecule has 8 nitrogen and oxygen atoms in total. The van der Waals surface area contributed by atoms with Gasteiger partial charge >= 0.3 is 0 Å². The van der Waals surface area contributed by atoms with Crippen molar-refractivity contribution in [3.8, 4) is 5.69 Å². The molecule has 0 unspecified atom stereocenters. The number of amides is 1. The summed E-state index contributed by atoms with van der Waals surface area (Å²) >= 11 is 0. The van der Waals surface area contributed by atoms with Gasteiger partial charge in [0.05, 0.1) is 16.8 Å². The van der Waals surface area contributed by atoms with E-state index in [0.29, 0.717) is 22.3 Å². The summed E-state index contributed by atoms with van der Waals surface area (Å²) in [5, 5.41) is 15.9. The van der Waals surface area contributed by atoms with Gasteiger partial charge in [0, 0.05) is 22.9 Å². The van der Waals surface area contributed by atoms with Gasteiger partial charge in [0.25, 0.3) is 11.5 Å². The van der Waals surface area contributed by atoms with Crippen molar-refractivity contribution in [1.29, 1.82) is 0 Å². The molecular formula is C24H22N6O2. The topological polar surface area (TPSA) is 106 Å². The molecular weight excluding hydrogens is 404 g/mol. The molecule has 0 saturated heterocycles. The summed E-state index contributed by atoms with van der Waals surface area (Å²) in [6.45, 7) is 0. The van der Waals surface area contributed by atoms with Crippen LogP contribution in [0.25, 0.3) is 16.5 Å². The molecule has 2 aliphatic carbocycles. The highest BCUT2D eigenvalue weighted by molar-refractivity contribution is 5.94. The van der Waals surface area contributed by atoms with E-state index in [-0.39, 0.29) is 17.5 Å². The van der Waals surface area contributed by atoms with E-state index in [0.717, 1.165) is 42.5 Å². The number of fused-ring (bicyclic) bond motifs is 1. The van der Waals surface area contributed by atoms with E-state index in [2.05, 4.69) is 25.6 Å². The number of aromatic amines is 1. The first-order valence-corrected chi connectivity index (χ1v) is 10.8. The van der Waals surface area contributed by atoms with Crippen LogP contribution in [0.4, 0.5) is 0 Å². The van der Waals surface area contributed by atoms with Crippen molar-refractivity contribution in [1.82, 2.24) is 30.3 Å². The SMILES string of the molecule is O=C(N[C@H]1CC2(C1)C[C@H](c1n[nH]c(=O)c3ccccc31)C2)c1ccc(-n2cncn2)cc1.